The molecule has 3 fully saturated rings. The fourth-order valence-electron chi connectivity index (χ4n) is 3.97. The lowest BCUT2D eigenvalue weighted by Crippen LogP contribution is -2.69. The Bertz CT molecular complexity index is 816. The van der Waals surface area contributed by atoms with Crippen LogP contribution in [0.5, 0.6) is 0 Å². The van der Waals surface area contributed by atoms with Crippen molar-refractivity contribution in [2.75, 3.05) is 26.2 Å². The number of carbonyl (C=O) groups is 3. The van der Waals surface area contributed by atoms with Gasteiger partial charge in [-0.15, -0.1) is 0 Å². The van der Waals surface area contributed by atoms with E-state index in [0.29, 0.717) is 25.1 Å². The van der Waals surface area contributed by atoms with E-state index in [-0.39, 0.29) is 31.4 Å². The predicted octanol–water partition coefficient (Wildman–Crippen LogP) is 0.762. The summed E-state index contributed by atoms with van der Waals surface area (Å²) in [4.78, 5) is 42.0. The Morgan fingerprint density at radius 3 is 2.31 bits per heavy atom. The summed E-state index contributed by atoms with van der Waals surface area (Å²) in [6, 6.07) is -0.403. The zero-order valence-electron chi connectivity index (χ0n) is 13.8. The number of carbonyl (C=O) groups excluding carboxylic acids is 3. The van der Waals surface area contributed by atoms with Gasteiger partial charge in [0.25, 0.3) is 5.91 Å². The van der Waals surface area contributed by atoms with Crippen molar-refractivity contribution in [2.45, 2.75) is 24.9 Å². The maximum absolute atomic E-state index is 13.9. The molecule has 26 heavy (non-hydrogen) atoms. The highest BCUT2D eigenvalue weighted by atomic mass is 19.2. The molecule has 0 radical (unpaired) electrons. The Morgan fingerprint density at radius 2 is 1.54 bits per heavy atom. The predicted molar refractivity (Wildman–Crippen MR) is 82.5 cm³/mol. The van der Waals surface area contributed by atoms with Gasteiger partial charge < -0.3 is 14.7 Å². The smallest absolute Gasteiger partial charge is 0.257 e. The van der Waals surface area contributed by atoms with Gasteiger partial charge in [-0.05, 0) is 18.9 Å². The number of benzene rings is 1. The third-order valence-electron chi connectivity index (χ3n) is 5.30. The van der Waals surface area contributed by atoms with Crippen LogP contribution in [0.1, 0.15) is 23.2 Å². The van der Waals surface area contributed by atoms with E-state index in [1.165, 1.54) is 14.7 Å². The number of rotatable bonds is 1. The molecule has 0 N–H and O–H groups in total. The number of hydrogen-bond donors (Lipinski definition) is 0. The van der Waals surface area contributed by atoms with Crippen molar-refractivity contribution >= 4 is 17.7 Å². The van der Waals surface area contributed by atoms with Gasteiger partial charge in [-0.2, -0.15) is 0 Å². The number of fused-ring (bicyclic) bond motifs is 2. The third-order valence-corrected chi connectivity index (χ3v) is 5.30. The number of piperazine rings is 2. The molecule has 3 aliphatic heterocycles. The summed E-state index contributed by atoms with van der Waals surface area (Å²) in [5.41, 5.74) is -0.592. The summed E-state index contributed by atoms with van der Waals surface area (Å²) >= 11 is 0. The second-order valence-electron chi connectivity index (χ2n) is 6.73. The summed E-state index contributed by atoms with van der Waals surface area (Å²) in [6.07, 6.45) is 1.39. The zero-order valence-corrected chi connectivity index (χ0v) is 13.8. The third kappa shape index (κ3) is 2.45. The largest absolute Gasteiger partial charge is 0.334 e. The van der Waals surface area contributed by atoms with Crippen LogP contribution >= 0.6 is 0 Å². The minimum atomic E-state index is -1.38. The maximum Gasteiger partial charge on any atom is 0.257 e. The van der Waals surface area contributed by atoms with Gasteiger partial charge in [0.15, 0.2) is 11.6 Å². The molecular weight excluding hydrogens is 351 g/mol. The summed E-state index contributed by atoms with van der Waals surface area (Å²) in [6.45, 7) is 0.659. The SMILES string of the molecule is O=C(c1cc(F)c(F)cc1F)N1CCN2C(=O)[C@H]3CCCN3C(=O)[C@H]2C1. The molecule has 3 heterocycles. The maximum atomic E-state index is 13.9. The van der Waals surface area contributed by atoms with Crippen LogP contribution in [0.3, 0.4) is 0 Å². The van der Waals surface area contributed by atoms with Crippen LogP contribution in [0.4, 0.5) is 13.2 Å². The molecule has 0 aliphatic carbocycles. The summed E-state index contributed by atoms with van der Waals surface area (Å²) in [7, 11) is 0. The van der Waals surface area contributed by atoms with Crippen molar-refractivity contribution in [3.63, 3.8) is 0 Å². The molecule has 9 heteroatoms. The molecule has 3 aliphatic rings. The summed E-state index contributed by atoms with van der Waals surface area (Å²) in [5, 5.41) is 0. The zero-order chi connectivity index (χ0) is 18.6. The van der Waals surface area contributed by atoms with E-state index < -0.39 is 41.0 Å². The highest BCUT2D eigenvalue weighted by Gasteiger charge is 2.50. The average Bonchev–Trinajstić information content (AvgIpc) is 3.12. The van der Waals surface area contributed by atoms with E-state index in [4.69, 9.17) is 0 Å². The van der Waals surface area contributed by atoms with Gasteiger partial charge in [-0.1, -0.05) is 0 Å². The number of halogens is 3. The molecule has 0 spiro atoms. The van der Waals surface area contributed by atoms with Gasteiger partial charge in [0.1, 0.15) is 17.9 Å². The quantitative estimate of drug-likeness (QED) is 0.689. The molecule has 0 bridgehead atoms. The van der Waals surface area contributed by atoms with Gasteiger partial charge >= 0.3 is 0 Å². The lowest BCUT2D eigenvalue weighted by atomic mass is 10.0. The Labute approximate surface area is 147 Å². The van der Waals surface area contributed by atoms with Crippen LogP contribution < -0.4 is 0 Å². The summed E-state index contributed by atoms with van der Waals surface area (Å²) in [5.74, 6) is -5.05. The standard InChI is InChI=1S/C17H16F3N3O3/c18-10-7-12(20)11(19)6-9(10)15(24)21-4-5-23-14(8-21)17(26)22-3-1-2-13(22)16(23)25/h6-7,13-14H,1-5,8H2/t13-,14-/m1/s1. The lowest BCUT2D eigenvalue weighted by molar-refractivity contribution is -0.162. The van der Waals surface area contributed by atoms with Crippen LogP contribution in [0.2, 0.25) is 0 Å². The van der Waals surface area contributed by atoms with E-state index in [0.717, 1.165) is 6.42 Å². The molecule has 0 aromatic heterocycles. The highest BCUT2D eigenvalue weighted by Crippen LogP contribution is 2.29. The number of nitrogens with zero attached hydrogens (tertiary/aromatic N) is 3. The second-order valence-corrected chi connectivity index (χ2v) is 6.73. The fraction of sp³-hybridized carbons (Fsp3) is 0.471. The van der Waals surface area contributed by atoms with E-state index in [1.54, 1.807) is 0 Å². The van der Waals surface area contributed by atoms with Crippen molar-refractivity contribution in [1.82, 2.24) is 14.7 Å². The van der Waals surface area contributed by atoms with E-state index >= 15 is 0 Å². The average molecular weight is 367 g/mol. The van der Waals surface area contributed by atoms with Crippen molar-refractivity contribution in [2.24, 2.45) is 0 Å². The monoisotopic (exact) mass is 367 g/mol. The van der Waals surface area contributed by atoms with Gasteiger partial charge in [0.05, 0.1) is 12.1 Å². The van der Waals surface area contributed by atoms with Crippen LogP contribution in [-0.4, -0.2) is 70.7 Å². The molecule has 4 rings (SSSR count). The number of amides is 3. The molecule has 138 valence electrons. The normalized spacial score (nSPS) is 25.4. The van der Waals surface area contributed by atoms with E-state index in [2.05, 4.69) is 0 Å². The molecular formula is C17H16F3N3O3. The Kier molecular flexibility index (Phi) is 3.89. The van der Waals surface area contributed by atoms with E-state index in [1.807, 2.05) is 0 Å². The number of hydrogen-bond acceptors (Lipinski definition) is 3. The minimum Gasteiger partial charge on any atom is -0.334 e. The van der Waals surface area contributed by atoms with Crippen LogP contribution in [0, 0.1) is 17.5 Å². The minimum absolute atomic E-state index is 0.0922. The topological polar surface area (TPSA) is 60.9 Å². The van der Waals surface area contributed by atoms with Crippen LogP contribution in [0.25, 0.3) is 0 Å². The van der Waals surface area contributed by atoms with Gasteiger partial charge in [0.2, 0.25) is 11.8 Å². The molecule has 1 aromatic rings. The molecule has 6 nitrogen and oxygen atoms in total. The lowest BCUT2D eigenvalue weighted by Gasteiger charge is -2.47. The summed E-state index contributed by atoms with van der Waals surface area (Å²) < 4.78 is 40.4. The van der Waals surface area contributed by atoms with Crippen molar-refractivity contribution < 1.29 is 27.6 Å². The van der Waals surface area contributed by atoms with Gasteiger partial charge in [-0.3, -0.25) is 14.4 Å². The molecule has 2 atom stereocenters. The van der Waals surface area contributed by atoms with Crippen molar-refractivity contribution in [3.8, 4) is 0 Å². The Morgan fingerprint density at radius 1 is 0.885 bits per heavy atom. The van der Waals surface area contributed by atoms with Crippen LogP contribution in [0.15, 0.2) is 12.1 Å². The molecule has 3 saturated heterocycles. The molecule has 1 aromatic carbocycles. The van der Waals surface area contributed by atoms with Gasteiger partial charge in [-0.25, -0.2) is 13.2 Å². The highest BCUT2D eigenvalue weighted by molar-refractivity contribution is 5.99. The van der Waals surface area contributed by atoms with Crippen LogP contribution in [-0.2, 0) is 9.59 Å². The molecule has 0 unspecified atom stereocenters. The molecule has 0 saturated carbocycles. The Hall–Kier alpha value is -2.58. The first-order valence-corrected chi connectivity index (χ1v) is 8.43. The van der Waals surface area contributed by atoms with E-state index in [9.17, 15) is 27.6 Å². The first kappa shape index (κ1) is 16.9. The fourth-order valence-corrected chi connectivity index (χ4v) is 3.97. The van der Waals surface area contributed by atoms with Gasteiger partial charge in [0, 0.05) is 25.7 Å². The van der Waals surface area contributed by atoms with Crippen molar-refractivity contribution in [3.05, 3.63) is 35.1 Å². The molecule has 3 amide bonds. The second kappa shape index (κ2) is 6.00. The first-order valence-electron chi connectivity index (χ1n) is 8.43. The first-order chi connectivity index (χ1) is 12.4. The van der Waals surface area contributed by atoms with Crippen molar-refractivity contribution in [1.29, 1.82) is 0 Å². The Balaban J connectivity index is 1.58.